The second-order valence-corrected chi connectivity index (χ2v) is 4.34. The maximum atomic E-state index is 5.89. The molecule has 0 fully saturated rings. The first-order valence-corrected chi connectivity index (χ1v) is 6.48. The summed E-state index contributed by atoms with van der Waals surface area (Å²) < 4.78 is 5.89. The van der Waals surface area contributed by atoms with E-state index in [9.17, 15) is 0 Å². The van der Waals surface area contributed by atoms with Gasteiger partial charge in [0.2, 0.25) is 5.88 Å². The van der Waals surface area contributed by atoms with E-state index in [2.05, 4.69) is 22.2 Å². The lowest BCUT2D eigenvalue weighted by atomic mass is 10.2. The predicted octanol–water partition coefficient (Wildman–Crippen LogP) is 2.86. The van der Waals surface area contributed by atoms with E-state index < -0.39 is 0 Å². The molecule has 0 saturated heterocycles. The third-order valence-electron chi connectivity index (χ3n) is 2.78. The second-order valence-electron chi connectivity index (χ2n) is 4.34. The zero-order valence-corrected chi connectivity index (χ0v) is 11.6. The number of nitrogens with zero attached hydrogens (tertiary/aromatic N) is 2. The van der Waals surface area contributed by atoms with Crippen LogP contribution in [-0.2, 0) is 13.0 Å². The number of nitrogens with one attached hydrogen (secondary N) is 1. The van der Waals surface area contributed by atoms with Gasteiger partial charge in [0, 0.05) is 23.9 Å². The van der Waals surface area contributed by atoms with E-state index in [0.717, 1.165) is 35.8 Å². The summed E-state index contributed by atoms with van der Waals surface area (Å²) in [7, 11) is 1.92. The van der Waals surface area contributed by atoms with Gasteiger partial charge in [0.1, 0.15) is 11.6 Å². The molecule has 4 heteroatoms. The highest BCUT2D eigenvalue weighted by Crippen LogP contribution is 2.24. The number of para-hydroxylation sites is 1. The molecule has 0 atom stereocenters. The summed E-state index contributed by atoms with van der Waals surface area (Å²) in [4.78, 5) is 8.67. The van der Waals surface area contributed by atoms with Gasteiger partial charge in [-0.3, -0.25) is 0 Å². The van der Waals surface area contributed by atoms with Gasteiger partial charge in [-0.15, -0.1) is 0 Å². The number of aryl methyl sites for hydroxylation is 2. The Morgan fingerprint density at radius 1 is 1.21 bits per heavy atom. The Kier molecular flexibility index (Phi) is 4.47. The molecule has 0 saturated carbocycles. The van der Waals surface area contributed by atoms with Crippen molar-refractivity contribution >= 4 is 0 Å². The van der Waals surface area contributed by atoms with Gasteiger partial charge in [0.25, 0.3) is 0 Å². The van der Waals surface area contributed by atoms with Gasteiger partial charge in [-0.2, -0.15) is 4.98 Å². The van der Waals surface area contributed by atoms with Crippen LogP contribution in [0.25, 0.3) is 0 Å². The van der Waals surface area contributed by atoms with Crippen LogP contribution in [0, 0.1) is 6.92 Å². The average Bonchev–Trinajstić information content (AvgIpc) is 2.40. The third kappa shape index (κ3) is 3.51. The molecule has 4 nitrogen and oxygen atoms in total. The van der Waals surface area contributed by atoms with Crippen molar-refractivity contribution in [2.45, 2.75) is 26.8 Å². The maximum absolute atomic E-state index is 5.89. The summed E-state index contributed by atoms with van der Waals surface area (Å²) in [5.74, 6) is 2.17. The summed E-state index contributed by atoms with van der Waals surface area (Å²) in [6.45, 7) is 4.72. The molecular formula is C15H19N3O. The molecule has 0 aliphatic carbocycles. The van der Waals surface area contributed by atoms with Crippen LogP contribution in [-0.4, -0.2) is 17.0 Å². The van der Waals surface area contributed by atoms with Crippen molar-refractivity contribution in [2.75, 3.05) is 7.05 Å². The summed E-state index contributed by atoms with van der Waals surface area (Å²) in [5, 5.41) is 3.13. The largest absolute Gasteiger partial charge is 0.439 e. The minimum Gasteiger partial charge on any atom is -0.439 e. The highest BCUT2D eigenvalue weighted by Gasteiger charge is 2.06. The highest BCUT2D eigenvalue weighted by molar-refractivity contribution is 5.36. The van der Waals surface area contributed by atoms with E-state index in [1.807, 2.05) is 44.3 Å². The minimum absolute atomic E-state index is 0.605. The van der Waals surface area contributed by atoms with E-state index in [-0.39, 0.29) is 0 Å². The van der Waals surface area contributed by atoms with E-state index in [4.69, 9.17) is 4.74 Å². The lowest BCUT2D eigenvalue weighted by molar-refractivity contribution is 0.451. The fourth-order valence-electron chi connectivity index (χ4n) is 1.89. The van der Waals surface area contributed by atoms with E-state index >= 15 is 0 Å². The molecule has 2 aromatic rings. The Morgan fingerprint density at radius 3 is 2.74 bits per heavy atom. The molecule has 1 heterocycles. The van der Waals surface area contributed by atoms with Crippen LogP contribution < -0.4 is 10.1 Å². The number of aromatic nitrogens is 2. The standard InChI is InChI=1S/C15H19N3O/c1-4-13-9-15(18-11(2)17-13)19-14-8-6-5-7-12(14)10-16-3/h5-9,16H,4,10H2,1-3H3. The van der Waals surface area contributed by atoms with Crippen LogP contribution in [0.4, 0.5) is 0 Å². The van der Waals surface area contributed by atoms with Gasteiger partial charge in [-0.25, -0.2) is 4.98 Å². The number of benzene rings is 1. The SMILES string of the molecule is CCc1cc(Oc2ccccc2CNC)nc(C)n1. The Bertz CT molecular complexity index is 555. The normalized spacial score (nSPS) is 10.5. The third-order valence-corrected chi connectivity index (χ3v) is 2.78. The van der Waals surface area contributed by atoms with Crippen LogP contribution in [0.3, 0.4) is 0 Å². The molecule has 1 aromatic carbocycles. The Hall–Kier alpha value is -1.94. The first-order valence-electron chi connectivity index (χ1n) is 6.48. The van der Waals surface area contributed by atoms with Crippen molar-refractivity contribution in [3.63, 3.8) is 0 Å². The van der Waals surface area contributed by atoms with Crippen LogP contribution in [0.15, 0.2) is 30.3 Å². The monoisotopic (exact) mass is 257 g/mol. The van der Waals surface area contributed by atoms with Crippen LogP contribution in [0.1, 0.15) is 24.0 Å². The zero-order chi connectivity index (χ0) is 13.7. The predicted molar refractivity (Wildman–Crippen MR) is 75.4 cm³/mol. The Labute approximate surface area is 113 Å². The van der Waals surface area contributed by atoms with Gasteiger partial charge in [-0.1, -0.05) is 25.1 Å². The zero-order valence-electron chi connectivity index (χ0n) is 11.6. The van der Waals surface area contributed by atoms with Crippen LogP contribution in [0.2, 0.25) is 0 Å². The number of hydrogen-bond acceptors (Lipinski definition) is 4. The summed E-state index contributed by atoms with van der Waals surface area (Å²) in [6.07, 6.45) is 0.873. The molecule has 1 N–H and O–H groups in total. The molecule has 19 heavy (non-hydrogen) atoms. The smallest absolute Gasteiger partial charge is 0.222 e. The minimum atomic E-state index is 0.605. The van der Waals surface area contributed by atoms with Crippen molar-refractivity contribution in [3.8, 4) is 11.6 Å². The molecule has 0 bridgehead atoms. The maximum Gasteiger partial charge on any atom is 0.222 e. The fourth-order valence-corrected chi connectivity index (χ4v) is 1.89. The Balaban J connectivity index is 2.28. The van der Waals surface area contributed by atoms with E-state index in [1.165, 1.54) is 0 Å². The first-order chi connectivity index (χ1) is 9.22. The van der Waals surface area contributed by atoms with Gasteiger partial charge >= 0.3 is 0 Å². The van der Waals surface area contributed by atoms with Gasteiger partial charge < -0.3 is 10.1 Å². The number of hydrogen-bond donors (Lipinski definition) is 1. The number of rotatable bonds is 5. The second kappa shape index (κ2) is 6.29. The molecule has 0 unspecified atom stereocenters. The van der Waals surface area contributed by atoms with E-state index in [1.54, 1.807) is 0 Å². The molecule has 0 radical (unpaired) electrons. The lowest BCUT2D eigenvalue weighted by Crippen LogP contribution is -2.06. The van der Waals surface area contributed by atoms with Crippen molar-refractivity contribution in [3.05, 3.63) is 47.4 Å². The average molecular weight is 257 g/mol. The van der Waals surface area contributed by atoms with Gasteiger partial charge in [0.15, 0.2) is 0 Å². The molecular weight excluding hydrogens is 238 g/mol. The van der Waals surface area contributed by atoms with Crippen LogP contribution >= 0.6 is 0 Å². The summed E-state index contributed by atoms with van der Waals surface area (Å²) in [5.41, 5.74) is 2.10. The molecule has 100 valence electrons. The van der Waals surface area contributed by atoms with Gasteiger partial charge in [0.05, 0.1) is 0 Å². The van der Waals surface area contributed by atoms with Crippen molar-refractivity contribution in [1.29, 1.82) is 0 Å². The van der Waals surface area contributed by atoms with Crippen molar-refractivity contribution in [2.24, 2.45) is 0 Å². The summed E-state index contributed by atoms with van der Waals surface area (Å²) in [6, 6.07) is 9.85. The van der Waals surface area contributed by atoms with E-state index in [0.29, 0.717) is 5.88 Å². The molecule has 0 amide bonds. The van der Waals surface area contributed by atoms with Crippen molar-refractivity contribution < 1.29 is 4.74 Å². The molecule has 1 aromatic heterocycles. The molecule has 0 aliphatic rings. The summed E-state index contributed by atoms with van der Waals surface area (Å²) >= 11 is 0. The molecule has 0 spiro atoms. The quantitative estimate of drug-likeness (QED) is 0.894. The first kappa shape index (κ1) is 13.5. The topological polar surface area (TPSA) is 47.0 Å². The fraction of sp³-hybridized carbons (Fsp3) is 0.333. The molecule has 0 aliphatic heterocycles. The Morgan fingerprint density at radius 2 is 2.00 bits per heavy atom. The number of ether oxygens (including phenoxy) is 1. The van der Waals surface area contributed by atoms with Crippen molar-refractivity contribution in [1.82, 2.24) is 15.3 Å². The van der Waals surface area contributed by atoms with Crippen LogP contribution in [0.5, 0.6) is 11.6 Å². The molecule has 2 rings (SSSR count). The van der Waals surface area contributed by atoms with Gasteiger partial charge in [-0.05, 0) is 26.5 Å². The highest BCUT2D eigenvalue weighted by atomic mass is 16.5. The lowest BCUT2D eigenvalue weighted by Gasteiger charge is -2.11.